The number of nitrogens with zero attached hydrogens (tertiary/aromatic N) is 3. The SMILES string of the molecule is CC(C)(C)c1cc(C2=CCCC=C2)c(N(c2cccc(N(N)c3cccc(N(c4ccc5c(c4)C(C)(C)c4ccccc4-5)c4ccc5c(c4)C(C)(C)c4ccccc4-5)c3)c2)c2ccc3c(c2)C(C)(C)CCC3(C)C)c(-c2ccccc2)c1. The third-order valence-corrected chi connectivity index (χ3v) is 19.1. The van der Waals surface area contributed by atoms with Gasteiger partial charge < -0.3 is 9.80 Å². The fourth-order valence-electron chi connectivity index (χ4n) is 14.1. The zero-order valence-corrected chi connectivity index (χ0v) is 50.0. The van der Waals surface area contributed by atoms with Gasteiger partial charge in [0.25, 0.3) is 0 Å². The third-order valence-electron chi connectivity index (χ3n) is 19.1. The maximum atomic E-state index is 7.60. The molecule has 13 rings (SSSR count). The lowest BCUT2D eigenvalue weighted by molar-refractivity contribution is 0.332. The summed E-state index contributed by atoms with van der Waals surface area (Å²) >= 11 is 0. The number of allylic oxidation sites excluding steroid dienone is 4. The Kier molecular flexibility index (Phi) is 12.6. The normalized spacial score (nSPS) is 16.5. The van der Waals surface area contributed by atoms with E-state index in [-0.39, 0.29) is 27.1 Å². The highest BCUT2D eigenvalue weighted by molar-refractivity contribution is 5.99. The standard InChI is InChI=1S/C78H78N4/c1-74(2,3)53-44-65(51-24-14-12-15-25-51)73(66(45-53)52-26-16-13-17-27-52)81(58-38-41-69-72(50-58)76(6,7)43-42-75(69,4)5)55-29-23-31-60(47-55)82(79)59-30-22-28-54(46-59)80(56-36-39-63-61-32-18-20-34-67(61)77(8,9)70(63)48-56)57-37-40-64-62-33-19-21-35-68(62)78(10,11)71(64)49-57/h12,14-16,18-41,44-50H,13,17,42-43,79H2,1-11H3. The molecule has 9 aromatic rings. The first kappa shape index (κ1) is 53.1. The van der Waals surface area contributed by atoms with E-state index in [1.807, 2.05) is 5.01 Å². The zero-order valence-electron chi connectivity index (χ0n) is 50.0. The maximum absolute atomic E-state index is 7.60. The molecule has 0 aromatic heterocycles. The lowest BCUT2D eigenvalue weighted by Crippen LogP contribution is -2.34. The summed E-state index contributed by atoms with van der Waals surface area (Å²) in [7, 11) is 0. The van der Waals surface area contributed by atoms with Gasteiger partial charge in [-0.15, -0.1) is 0 Å². The van der Waals surface area contributed by atoms with Gasteiger partial charge >= 0.3 is 0 Å². The second-order valence-electron chi connectivity index (χ2n) is 27.1. The number of hydrazine groups is 1. The molecule has 0 amide bonds. The summed E-state index contributed by atoms with van der Waals surface area (Å²) in [5.74, 6) is 7.60. The molecule has 0 saturated heterocycles. The van der Waals surface area contributed by atoms with E-state index in [1.165, 1.54) is 83.5 Å². The predicted octanol–water partition coefficient (Wildman–Crippen LogP) is 21.3. The van der Waals surface area contributed by atoms with Crippen molar-refractivity contribution in [2.24, 2.45) is 5.84 Å². The molecule has 82 heavy (non-hydrogen) atoms. The quantitative estimate of drug-likeness (QED) is 0.109. The van der Waals surface area contributed by atoms with E-state index >= 15 is 0 Å². The lowest BCUT2D eigenvalue weighted by atomic mass is 9.63. The second kappa shape index (κ2) is 19.5. The molecule has 0 bridgehead atoms. The summed E-state index contributed by atoms with van der Waals surface area (Å²) in [6, 6.07) is 72.9. The van der Waals surface area contributed by atoms with Crippen LogP contribution in [-0.4, -0.2) is 0 Å². The molecule has 2 N–H and O–H groups in total. The van der Waals surface area contributed by atoms with E-state index < -0.39 is 0 Å². The van der Waals surface area contributed by atoms with Crippen LogP contribution in [0.4, 0.5) is 45.5 Å². The molecule has 0 radical (unpaired) electrons. The Morgan fingerprint density at radius 3 is 1.40 bits per heavy atom. The Morgan fingerprint density at radius 2 is 0.841 bits per heavy atom. The average molecular weight is 1070 g/mol. The summed E-state index contributed by atoms with van der Waals surface area (Å²) in [5, 5.41) is 1.88. The summed E-state index contributed by atoms with van der Waals surface area (Å²) in [6.45, 7) is 26.2. The van der Waals surface area contributed by atoms with Crippen LogP contribution in [0.15, 0.2) is 212 Å². The van der Waals surface area contributed by atoms with Gasteiger partial charge in [0.2, 0.25) is 0 Å². The molecule has 0 aliphatic heterocycles. The highest BCUT2D eigenvalue weighted by Gasteiger charge is 2.40. The smallest absolute Gasteiger partial charge is 0.0618 e. The van der Waals surface area contributed by atoms with Gasteiger partial charge in [0, 0.05) is 50.4 Å². The monoisotopic (exact) mass is 1070 g/mol. The van der Waals surface area contributed by atoms with E-state index in [1.54, 1.807) is 0 Å². The molecule has 0 saturated carbocycles. The van der Waals surface area contributed by atoms with Gasteiger partial charge in [-0.1, -0.05) is 204 Å². The summed E-state index contributed by atoms with van der Waals surface area (Å²) in [4.78, 5) is 4.98. The van der Waals surface area contributed by atoms with E-state index in [2.05, 4.69) is 298 Å². The van der Waals surface area contributed by atoms with Gasteiger partial charge in [-0.2, -0.15) is 0 Å². The fourth-order valence-corrected chi connectivity index (χ4v) is 14.1. The van der Waals surface area contributed by atoms with E-state index in [0.29, 0.717) is 0 Å². The van der Waals surface area contributed by atoms with Gasteiger partial charge in [-0.3, -0.25) is 5.01 Å². The fraction of sp³-hybridized carbons (Fsp3) is 0.256. The van der Waals surface area contributed by atoms with Crippen molar-refractivity contribution in [1.82, 2.24) is 0 Å². The van der Waals surface area contributed by atoms with Gasteiger partial charge in [0.1, 0.15) is 0 Å². The van der Waals surface area contributed by atoms with Crippen LogP contribution >= 0.6 is 0 Å². The van der Waals surface area contributed by atoms with Crippen molar-refractivity contribution in [3.63, 3.8) is 0 Å². The first-order valence-electron chi connectivity index (χ1n) is 29.8. The molecule has 410 valence electrons. The molecule has 0 heterocycles. The van der Waals surface area contributed by atoms with Crippen LogP contribution in [0.25, 0.3) is 39.0 Å². The van der Waals surface area contributed by atoms with E-state index in [0.717, 1.165) is 71.2 Å². The molecule has 0 fully saturated rings. The van der Waals surface area contributed by atoms with Crippen molar-refractivity contribution in [2.45, 2.75) is 129 Å². The Balaban J connectivity index is 0.980. The Hall–Kier alpha value is -8.18. The Morgan fingerprint density at radius 1 is 0.378 bits per heavy atom. The van der Waals surface area contributed by atoms with Crippen molar-refractivity contribution >= 4 is 51.1 Å². The van der Waals surface area contributed by atoms with Crippen LogP contribution in [0.3, 0.4) is 0 Å². The zero-order chi connectivity index (χ0) is 57.1. The number of fused-ring (bicyclic) bond motifs is 7. The molecule has 0 atom stereocenters. The van der Waals surface area contributed by atoms with Crippen LogP contribution in [0.5, 0.6) is 0 Å². The Labute approximate surface area is 488 Å². The van der Waals surface area contributed by atoms with Gasteiger partial charge in [-0.25, -0.2) is 5.84 Å². The molecule has 4 aliphatic rings. The molecular weight excluding hydrogens is 993 g/mol. The number of anilines is 8. The minimum absolute atomic E-state index is 0.000842. The van der Waals surface area contributed by atoms with Crippen LogP contribution in [0.2, 0.25) is 0 Å². The second-order valence-corrected chi connectivity index (χ2v) is 27.1. The minimum Gasteiger partial charge on any atom is -0.310 e. The summed E-state index contributed by atoms with van der Waals surface area (Å²) < 4.78 is 0. The summed E-state index contributed by atoms with van der Waals surface area (Å²) in [5.41, 5.74) is 27.6. The first-order chi connectivity index (χ1) is 39.2. The van der Waals surface area contributed by atoms with Crippen molar-refractivity contribution in [1.29, 1.82) is 0 Å². The largest absolute Gasteiger partial charge is 0.310 e. The molecule has 9 aromatic carbocycles. The maximum Gasteiger partial charge on any atom is 0.0618 e. The van der Waals surface area contributed by atoms with Crippen LogP contribution in [-0.2, 0) is 27.1 Å². The Bertz CT molecular complexity index is 3960. The summed E-state index contributed by atoms with van der Waals surface area (Å²) in [6.07, 6.45) is 11.4. The number of hydrogen-bond acceptors (Lipinski definition) is 4. The van der Waals surface area contributed by atoms with Crippen molar-refractivity contribution in [3.8, 4) is 33.4 Å². The van der Waals surface area contributed by atoms with E-state index in [9.17, 15) is 0 Å². The average Bonchev–Trinajstić information content (AvgIpc) is 4.07. The van der Waals surface area contributed by atoms with Crippen molar-refractivity contribution in [2.75, 3.05) is 14.8 Å². The highest BCUT2D eigenvalue weighted by atomic mass is 15.4. The van der Waals surface area contributed by atoms with Gasteiger partial charge in [-0.05, 0) is 199 Å². The first-order valence-corrected chi connectivity index (χ1v) is 29.8. The highest BCUT2D eigenvalue weighted by Crippen LogP contribution is 2.55. The molecular formula is C78H78N4. The number of hydrogen-bond donors (Lipinski definition) is 1. The molecule has 4 aliphatic carbocycles. The molecule has 4 heteroatoms. The molecule has 0 unspecified atom stereocenters. The number of benzene rings is 9. The predicted molar refractivity (Wildman–Crippen MR) is 349 cm³/mol. The van der Waals surface area contributed by atoms with Gasteiger partial charge in [0.15, 0.2) is 0 Å². The van der Waals surface area contributed by atoms with Crippen molar-refractivity contribution < 1.29 is 0 Å². The van der Waals surface area contributed by atoms with Crippen LogP contribution in [0.1, 0.15) is 146 Å². The molecule has 4 nitrogen and oxygen atoms in total. The number of nitrogens with two attached hydrogens (primary N) is 1. The third kappa shape index (κ3) is 8.84. The van der Waals surface area contributed by atoms with Gasteiger partial charge in [0.05, 0.1) is 17.1 Å². The van der Waals surface area contributed by atoms with E-state index in [4.69, 9.17) is 5.84 Å². The van der Waals surface area contributed by atoms with Crippen LogP contribution < -0.4 is 20.7 Å². The van der Waals surface area contributed by atoms with Crippen LogP contribution in [0, 0.1) is 0 Å². The lowest BCUT2D eigenvalue weighted by Gasteiger charge is -2.43. The number of rotatable bonds is 10. The van der Waals surface area contributed by atoms with Crippen molar-refractivity contribution in [3.05, 3.63) is 257 Å². The topological polar surface area (TPSA) is 35.7 Å². The molecule has 0 spiro atoms. The minimum atomic E-state index is -0.169.